The molecule has 1 aliphatic rings. The van der Waals surface area contributed by atoms with Gasteiger partial charge in [0.2, 0.25) is 5.78 Å². The monoisotopic (exact) mass is 548 g/mol. The number of nitrogens with one attached hydrogen (secondary N) is 1. The van der Waals surface area contributed by atoms with Crippen molar-refractivity contribution < 1.29 is 26.4 Å². The predicted molar refractivity (Wildman–Crippen MR) is 129 cm³/mol. The van der Waals surface area contributed by atoms with Gasteiger partial charge in [0, 0.05) is 30.7 Å². The summed E-state index contributed by atoms with van der Waals surface area (Å²) < 4.78 is 65.8. The first-order valence-corrected chi connectivity index (χ1v) is 13.1. The Balaban J connectivity index is 1.28. The van der Waals surface area contributed by atoms with Crippen molar-refractivity contribution >= 4 is 21.7 Å². The first kappa shape index (κ1) is 25.8. The summed E-state index contributed by atoms with van der Waals surface area (Å²) in [5.41, 5.74) is -1.44. The van der Waals surface area contributed by atoms with Crippen LogP contribution in [0.25, 0.3) is 17.0 Å². The molecule has 0 aliphatic carbocycles. The van der Waals surface area contributed by atoms with Crippen LogP contribution < -0.4 is 5.32 Å². The summed E-state index contributed by atoms with van der Waals surface area (Å²) in [4.78, 5) is 26.0. The number of halogens is 3. The molecule has 5 heterocycles. The zero-order valence-electron chi connectivity index (χ0n) is 20.4. The molecule has 5 rings (SSSR count). The lowest BCUT2D eigenvalue weighted by atomic mass is 10.2. The van der Waals surface area contributed by atoms with Gasteiger partial charge < -0.3 is 5.32 Å². The third-order valence-corrected chi connectivity index (χ3v) is 7.75. The van der Waals surface area contributed by atoms with E-state index in [-0.39, 0.29) is 25.5 Å². The molecule has 0 fully saturated rings. The first-order chi connectivity index (χ1) is 18.0. The van der Waals surface area contributed by atoms with Gasteiger partial charge in [-0.25, -0.2) is 18.4 Å². The number of carbonyl (C=O) groups excluding carboxylic acids is 1. The van der Waals surface area contributed by atoms with E-state index < -0.39 is 22.1 Å². The number of pyridine rings is 1. The van der Waals surface area contributed by atoms with E-state index in [1.165, 1.54) is 4.68 Å². The molecule has 0 spiro atoms. The van der Waals surface area contributed by atoms with Crippen molar-refractivity contribution in [3.63, 3.8) is 0 Å². The second-order valence-corrected chi connectivity index (χ2v) is 10.7. The molecule has 1 amide bonds. The van der Waals surface area contributed by atoms with Crippen LogP contribution in [0.15, 0.2) is 36.8 Å². The summed E-state index contributed by atoms with van der Waals surface area (Å²) >= 11 is 0. The van der Waals surface area contributed by atoms with E-state index >= 15 is 0 Å². The van der Waals surface area contributed by atoms with Gasteiger partial charge in [0.25, 0.3) is 5.91 Å². The second kappa shape index (κ2) is 9.47. The highest BCUT2D eigenvalue weighted by molar-refractivity contribution is 7.89. The fraction of sp³-hybridized carbons (Fsp3) is 0.348. The smallest absolute Gasteiger partial charge is 0.345 e. The molecule has 0 saturated heterocycles. The van der Waals surface area contributed by atoms with E-state index in [1.54, 1.807) is 41.2 Å². The molecule has 1 aliphatic heterocycles. The summed E-state index contributed by atoms with van der Waals surface area (Å²) in [6.07, 6.45) is 5.59. The molecule has 0 saturated carbocycles. The highest BCUT2D eigenvalue weighted by Crippen LogP contribution is 2.30. The van der Waals surface area contributed by atoms with Crippen molar-refractivity contribution in [2.24, 2.45) is 0 Å². The Morgan fingerprint density at radius 3 is 2.63 bits per heavy atom. The molecule has 0 aromatic carbocycles. The number of amides is 1. The number of carbonyl (C=O) groups is 1. The SMILES string of the molecule is CCc1nc2ncc(C)cn2c1C(=O)NCc1ccc(-c2cc3n(n2)CCN(S(=O)(=O)C(F)(F)F)C3)cn1. The number of nitrogens with zero attached hydrogens (tertiary/aromatic N) is 7. The van der Waals surface area contributed by atoms with Gasteiger partial charge in [-0.05, 0) is 37.1 Å². The van der Waals surface area contributed by atoms with Crippen molar-refractivity contribution in [1.29, 1.82) is 0 Å². The van der Waals surface area contributed by atoms with Crippen LogP contribution in [0, 0.1) is 6.92 Å². The van der Waals surface area contributed by atoms with Crippen LogP contribution in [0.3, 0.4) is 0 Å². The summed E-state index contributed by atoms with van der Waals surface area (Å²) in [5, 5.41) is 7.23. The van der Waals surface area contributed by atoms with Crippen molar-refractivity contribution in [2.45, 2.75) is 45.4 Å². The molecule has 0 atom stereocenters. The van der Waals surface area contributed by atoms with Crippen LogP contribution >= 0.6 is 0 Å². The van der Waals surface area contributed by atoms with E-state index in [1.807, 2.05) is 13.8 Å². The number of fused-ring (bicyclic) bond motifs is 2. The topological polar surface area (TPSA) is 127 Å². The maximum absolute atomic E-state index is 13.0. The lowest BCUT2D eigenvalue weighted by Gasteiger charge is -2.27. The Kier molecular flexibility index (Phi) is 6.43. The molecule has 15 heteroatoms. The Hall–Kier alpha value is -3.85. The molecular weight excluding hydrogens is 525 g/mol. The number of hydrogen-bond acceptors (Lipinski definition) is 7. The molecular formula is C23H23F3N8O3S. The number of hydrogen-bond donors (Lipinski definition) is 1. The zero-order valence-corrected chi connectivity index (χ0v) is 21.2. The van der Waals surface area contributed by atoms with E-state index in [4.69, 9.17) is 0 Å². The van der Waals surface area contributed by atoms with Gasteiger partial charge in [0.05, 0.1) is 42.4 Å². The molecule has 200 valence electrons. The maximum Gasteiger partial charge on any atom is 0.511 e. The summed E-state index contributed by atoms with van der Waals surface area (Å²) in [7, 11) is -5.42. The van der Waals surface area contributed by atoms with Gasteiger partial charge >= 0.3 is 15.5 Å². The number of aryl methyl sites for hydroxylation is 2. The minimum absolute atomic E-state index is 0.000255. The molecule has 0 bridgehead atoms. The molecule has 0 radical (unpaired) electrons. The Labute approximate surface area is 215 Å². The largest absolute Gasteiger partial charge is 0.511 e. The normalized spacial score (nSPS) is 14.6. The quantitative estimate of drug-likeness (QED) is 0.392. The minimum atomic E-state index is -5.42. The fourth-order valence-corrected chi connectivity index (χ4v) is 5.15. The van der Waals surface area contributed by atoms with Crippen LogP contribution in [0.2, 0.25) is 0 Å². The van der Waals surface area contributed by atoms with Crippen LogP contribution in [0.4, 0.5) is 13.2 Å². The van der Waals surface area contributed by atoms with Crippen molar-refractivity contribution in [3.05, 3.63) is 65.1 Å². The highest BCUT2D eigenvalue weighted by Gasteiger charge is 2.50. The van der Waals surface area contributed by atoms with Gasteiger partial charge in [-0.15, -0.1) is 0 Å². The lowest BCUT2D eigenvalue weighted by Crippen LogP contribution is -2.44. The van der Waals surface area contributed by atoms with E-state index in [0.717, 1.165) is 5.56 Å². The molecule has 1 N–H and O–H groups in total. The molecule has 38 heavy (non-hydrogen) atoms. The van der Waals surface area contributed by atoms with Crippen LogP contribution in [0.5, 0.6) is 0 Å². The number of rotatable bonds is 6. The zero-order chi connectivity index (χ0) is 27.2. The van der Waals surface area contributed by atoms with Gasteiger partial charge in [-0.1, -0.05) is 6.92 Å². The Morgan fingerprint density at radius 1 is 1.16 bits per heavy atom. The van der Waals surface area contributed by atoms with Crippen molar-refractivity contribution in [2.75, 3.05) is 6.54 Å². The second-order valence-electron chi connectivity index (χ2n) is 8.81. The summed E-state index contributed by atoms with van der Waals surface area (Å²) in [6, 6.07) is 4.98. The Morgan fingerprint density at radius 2 is 1.95 bits per heavy atom. The van der Waals surface area contributed by atoms with Gasteiger partial charge in [0.1, 0.15) is 5.69 Å². The number of imidazole rings is 1. The predicted octanol–water partition coefficient (Wildman–Crippen LogP) is 2.45. The third kappa shape index (κ3) is 4.62. The fourth-order valence-electron chi connectivity index (χ4n) is 4.23. The van der Waals surface area contributed by atoms with E-state index in [2.05, 4.69) is 25.4 Å². The lowest BCUT2D eigenvalue weighted by molar-refractivity contribution is -0.0496. The average molecular weight is 549 g/mol. The average Bonchev–Trinajstić information content (AvgIpc) is 3.47. The van der Waals surface area contributed by atoms with Crippen molar-refractivity contribution in [3.8, 4) is 11.3 Å². The highest BCUT2D eigenvalue weighted by atomic mass is 32.2. The molecule has 4 aromatic heterocycles. The number of sulfonamides is 1. The molecule has 11 nitrogen and oxygen atoms in total. The van der Waals surface area contributed by atoms with Gasteiger partial charge in [0.15, 0.2) is 0 Å². The van der Waals surface area contributed by atoms with E-state index in [9.17, 15) is 26.4 Å². The summed E-state index contributed by atoms with van der Waals surface area (Å²) in [5.74, 6) is 0.134. The summed E-state index contributed by atoms with van der Waals surface area (Å²) in [6.45, 7) is 3.19. The van der Waals surface area contributed by atoms with Crippen molar-refractivity contribution in [1.82, 2.24) is 38.8 Å². The van der Waals surface area contributed by atoms with E-state index in [0.29, 0.717) is 50.5 Å². The van der Waals surface area contributed by atoms with Crippen LogP contribution in [0.1, 0.15) is 40.1 Å². The number of alkyl halides is 3. The maximum atomic E-state index is 13.0. The third-order valence-electron chi connectivity index (χ3n) is 6.18. The molecule has 4 aromatic rings. The molecule has 0 unspecified atom stereocenters. The van der Waals surface area contributed by atoms with Gasteiger partial charge in [-0.2, -0.15) is 22.6 Å². The standard InChI is InChI=1S/C23H23F3N8O3S/c1-3-18-20(33-12-14(2)9-29-22(33)30-18)21(35)28-11-16-5-4-15(10-27-16)19-8-17-13-32(6-7-34(17)31-19)38(36,37)23(24,25)26/h4-5,8-10,12H,3,6-7,11,13H2,1-2H3,(H,28,35). The van der Waals surface area contributed by atoms with Crippen LogP contribution in [-0.2, 0) is 36.1 Å². The first-order valence-electron chi connectivity index (χ1n) is 11.7. The Bertz CT molecular complexity index is 1630. The minimum Gasteiger partial charge on any atom is -0.345 e. The van der Waals surface area contributed by atoms with Gasteiger partial charge in [-0.3, -0.25) is 18.9 Å². The number of aromatic nitrogens is 6. The van der Waals surface area contributed by atoms with Crippen LogP contribution in [-0.4, -0.2) is 59.8 Å².